The molecule has 0 bridgehead atoms. The smallest absolute Gasteiger partial charge is 0.319 e. The maximum Gasteiger partial charge on any atom is 0.319 e. The Hall–Kier alpha value is -1.50. The van der Waals surface area contributed by atoms with Gasteiger partial charge in [-0.05, 0) is 12.5 Å². The Labute approximate surface area is 130 Å². The van der Waals surface area contributed by atoms with Gasteiger partial charge < -0.3 is 14.2 Å². The first kappa shape index (κ1) is 16.9. The number of nitro benzene ring substituents is 1. The number of benzene rings is 1. The van der Waals surface area contributed by atoms with Crippen LogP contribution in [0.5, 0.6) is 0 Å². The Kier molecular flexibility index (Phi) is 6.30. The predicted octanol–water partition coefficient (Wildman–Crippen LogP) is 3.74. The van der Waals surface area contributed by atoms with Gasteiger partial charge in [0.15, 0.2) is 0 Å². The average Bonchev–Trinajstić information content (AvgIpc) is 3.01. The van der Waals surface area contributed by atoms with E-state index in [9.17, 15) is 10.1 Å². The van der Waals surface area contributed by atoms with Crippen LogP contribution in [0.15, 0.2) is 24.3 Å². The normalized spacial score (nSPS) is 16.8. The molecule has 0 saturated carbocycles. The van der Waals surface area contributed by atoms with Gasteiger partial charge in [0.05, 0.1) is 24.7 Å². The summed E-state index contributed by atoms with van der Waals surface area (Å²) < 4.78 is 17.0. The van der Waals surface area contributed by atoms with Crippen molar-refractivity contribution in [1.82, 2.24) is 0 Å². The van der Waals surface area contributed by atoms with Crippen LogP contribution in [0.1, 0.15) is 44.6 Å². The van der Waals surface area contributed by atoms with E-state index in [1.54, 1.807) is 18.2 Å². The molecule has 0 amide bonds. The molecule has 1 fully saturated rings. The molecule has 1 aromatic carbocycles. The minimum atomic E-state index is -1.44. The Bertz CT molecular complexity index is 485. The third kappa shape index (κ3) is 4.03. The van der Waals surface area contributed by atoms with Crippen LogP contribution in [0.3, 0.4) is 0 Å². The molecule has 1 aliphatic heterocycles. The minimum absolute atomic E-state index is 0.0459. The molecule has 6 heteroatoms. The highest BCUT2D eigenvalue weighted by molar-refractivity contribution is 5.42. The molecule has 0 atom stereocenters. The van der Waals surface area contributed by atoms with Crippen LogP contribution < -0.4 is 0 Å². The summed E-state index contributed by atoms with van der Waals surface area (Å²) in [5, 5.41) is 11.2. The summed E-state index contributed by atoms with van der Waals surface area (Å²) in [5.74, 6) is -1.44. The van der Waals surface area contributed by atoms with Crippen molar-refractivity contribution in [3.63, 3.8) is 0 Å². The fourth-order valence-corrected chi connectivity index (χ4v) is 2.51. The zero-order chi connectivity index (χ0) is 15.8. The molecule has 1 aliphatic rings. The number of ether oxygens (including phenoxy) is 3. The summed E-state index contributed by atoms with van der Waals surface area (Å²) in [5.41, 5.74) is 0.279. The third-order valence-electron chi connectivity index (χ3n) is 3.64. The zero-order valence-corrected chi connectivity index (χ0v) is 13.0. The lowest BCUT2D eigenvalue weighted by Gasteiger charge is -2.27. The molecule has 0 radical (unpaired) electrons. The third-order valence-corrected chi connectivity index (χ3v) is 3.64. The molecule has 1 heterocycles. The Balaban J connectivity index is 2.04. The van der Waals surface area contributed by atoms with E-state index >= 15 is 0 Å². The van der Waals surface area contributed by atoms with Gasteiger partial charge >= 0.3 is 5.97 Å². The molecular formula is C16H23NO5. The van der Waals surface area contributed by atoms with Crippen molar-refractivity contribution in [3.8, 4) is 0 Å². The van der Waals surface area contributed by atoms with Crippen LogP contribution in [0.25, 0.3) is 0 Å². The molecule has 0 aromatic heterocycles. The molecule has 1 saturated heterocycles. The van der Waals surface area contributed by atoms with E-state index in [4.69, 9.17) is 14.2 Å². The Morgan fingerprint density at radius 2 is 1.86 bits per heavy atom. The number of nitrogens with zero attached hydrogens (tertiary/aromatic N) is 1. The van der Waals surface area contributed by atoms with Gasteiger partial charge in [0.2, 0.25) is 0 Å². The SMILES string of the molecule is CCCCCCCOC1(c2ccccc2[N+](=O)[O-])OCCO1. The average molecular weight is 309 g/mol. The standard InChI is InChI=1S/C16H23NO5/c1-2-3-4-5-8-11-20-16(21-12-13-22-16)14-9-6-7-10-15(14)17(18)19/h6-7,9-10H,2-5,8,11-13H2,1H3. The second-order valence-electron chi connectivity index (χ2n) is 5.29. The lowest BCUT2D eigenvalue weighted by Crippen LogP contribution is -2.32. The summed E-state index contributed by atoms with van der Waals surface area (Å²) in [6.07, 6.45) is 5.52. The van der Waals surface area contributed by atoms with E-state index in [0.29, 0.717) is 25.4 Å². The molecule has 0 spiro atoms. The van der Waals surface area contributed by atoms with Crippen molar-refractivity contribution in [2.45, 2.75) is 45.0 Å². The number of nitro groups is 1. The number of para-hydroxylation sites is 1. The van der Waals surface area contributed by atoms with Crippen molar-refractivity contribution < 1.29 is 19.1 Å². The number of hydrogen-bond donors (Lipinski definition) is 0. The molecule has 122 valence electrons. The van der Waals surface area contributed by atoms with Crippen molar-refractivity contribution in [3.05, 3.63) is 39.9 Å². The maximum absolute atomic E-state index is 11.2. The lowest BCUT2D eigenvalue weighted by atomic mass is 10.1. The zero-order valence-electron chi connectivity index (χ0n) is 13.0. The van der Waals surface area contributed by atoms with E-state index in [-0.39, 0.29) is 5.69 Å². The fraction of sp³-hybridized carbons (Fsp3) is 0.625. The molecular weight excluding hydrogens is 286 g/mol. The van der Waals surface area contributed by atoms with Crippen LogP contribution in [0.4, 0.5) is 5.69 Å². The largest absolute Gasteiger partial charge is 0.323 e. The highest BCUT2D eigenvalue weighted by Gasteiger charge is 2.44. The van der Waals surface area contributed by atoms with Crippen LogP contribution in [-0.2, 0) is 20.2 Å². The highest BCUT2D eigenvalue weighted by atomic mass is 16.9. The van der Waals surface area contributed by atoms with Crippen LogP contribution in [-0.4, -0.2) is 24.7 Å². The first-order chi connectivity index (χ1) is 10.7. The van der Waals surface area contributed by atoms with E-state index in [2.05, 4.69) is 6.92 Å². The van der Waals surface area contributed by atoms with Crippen molar-refractivity contribution in [2.24, 2.45) is 0 Å². The highest BCUT2D eigenvalue weighted by Crippen LogP contribution is 2.38. The van der Waals surface area contributed by atoms with E-state index in [0.717, 1.165) is 12.8 Å². The van der Waals surface area contributed by atoms with Gasteiger partial charge in [0.1, 0.15) is 5.56 Å². The molecule has 0 N–H and O–H groups in total. The summed E-state index contributed by atoms with van der Waals surface area (Å²) in [7, 11) is 0. The van der Waals surface area contributed by atoms with Crippen molar-refractivity contribution in [2.75, 3.05) is 19.8 Å². The second kappa shape index (κ2) is 8.22. The molecule has 2 rings (SSSR count). The Morgan fingerprint density at radius 1 is 1.18 bits per heavy atom. The van der Waals surface area contributed by atoms with Gasteiger partial charge in [-0.25, -0.2) is 0 Å². The Morgan fingerprint density at radius 3 is 2.55 bits per heavy atom. The predicted molar refractivity (Wildman–Crippen MR) is 81.4 cm³/mol. The number of unbranched alkanes of at least 4 members (excludes halogenated alkanes) is 4. The summed E-state index contributed by atoms with van der Waals surface area (Å²) in [6, 6.07) is 6.40. The topological polar surface area (TPSA) is 70.8 Å². The van der Waals surface area contributed by atoms with E-state index in [1.807, 2.05) is 0 Å². The molecule has 22 heavy (non-hydrogen) atoms. The molecule has 0 unspecified atom stereocenters. The molecule has 1 aromatic rings. The van der Waals surface area contributed by atoms with Crippen molar-refractivity contribution >= 4 is 5.69 Å². The van der Waals surface area contributed by atoms with Gasteiger partial charge in [-0.2, -0.15) is 0 Å². The summed E-state index contributed by atoms with van der Waals surface area (Å²) >= 11 is 0. The molecule has 0 aliphatic carbocycles. The van der Waals surface area contributed by atoms with Gasteiger partial charge in [0, 0.05) is 6.07 Å². The van der Waals surface area contributed by atoms with Crippen LogP contribution >= 0.6 is 0 Å². The lowest BCUT2D eigenvalue weighted by molar-refractivity contribution is -0.397. The van der Waals surface area contributed by atoms with Gasteiger partial charge in [-0.15, -0.1) is 0 Å². The minimum Gasteiger partial charge on any atom is -0.323 e. The first-order valence-electron chi connectivity index (χ1n) is 7.85. The summed E-state index contributed by atoms with van der Waals surface area (Å²) in [6.45, 7) is 3.35. The number of hydrogen-bond acceptors (Lipinski definition) is 5. The van der Waals surface area contributed by atoms with Crippen LogP contribution in [0.2, 0.25) is 0 Å². The van der Waals surface area contributed by atoms with Gasteiger partial charge in [-0.3, -0.25) is 10.1 Å². The van der Waals surface area contributed by atoms with E-state index in [1.165, 1.54) is 25.3 Å². The fourth-order valence-electron chi connectivity index (χ4n) is 2.51. The first-order valence-corrected chi connectivity index (χ1v) is 7.85. The van der Waals surface area contributed by atoms with Crippen molar-refractivity contribution in [1.29, 1.82) is 0 Å². The van der Waals surface area contributed by atoms with Gasteiger partial charge in [-0.1, -0.05) is 44.7 Å². The monoisotopic (exact) mass is 309 g/mol. The van der Waals surface area contributed by atoms with Gasteiger partial charge in [0.25, 0.3) is 5.69 Å². The summed E-state index contributed by atoms with van der Waals surface area (Å²) in [4.78, 5) is 10.8. The van der Waals surface area contributed by atoms with Crippen LogP contribution in [0, 0.1) is 10.1 Å². The van der Waals surface area contributed by atoms with E-state index < -0.39 is 10.9 Å². The second-order valence-corrected chi connectivity index (χ2v) is 5.29. The number of rotatable bonds is 9. The quantitative estimate of drug-likeness (QED) is 0.395. The maximum atomic E-state index is 11.2. The molecule has 6 nitrogen and oxygen atoms in total.